The van der Waals surface area contributed by atoms with Crippen LogP contribution in [0.25, 0.3) is 22.7 Å². The lowest BCUT2D eigenvalue weighted by molar-refractivity contribution is 0.0992. The summed E-state index contributed by atoms with van der Waals surface area (Å²) >= 11 is 5.85. The molecule has 0 saturated heterocycles. The average Bonchev–Trinajstić information content (AvgIpc) is 3.07. The molecule has 0 atom stereocenters. The van der Waals surface area contributed by atoms with Gasteiger partial charge in [0.25, 0.3) is 0 Å². The van der Waals surface area contributed by atoms with E-state index in [0.717, 1.165) is 5.56 Å². The van der Waals surface area contributed by atoms with Gasteiger partial charge in [-0.15, -0.1) is 0 Å². The Labute approximate surface area is 148 Å². The largest absolute Gasteiger partial charge is 0.434 e. The van der Waals surface area contributed by atoms with E-state index in [0.29, 0.717) is 33.4 Å². The third kappa shape index (κ3) is 3.27. The fourth-order valence-electron chi connectivity index (χ4n) is 2.50. The number of carbonyl (C=O) groups excluding carboxylic acids is 1. The van der Waals surface area contributed by atoms with Crippen LogP contribution in [0.1, 0.15) is 16.1 Å². The Kier molecular flexibility index (Phi) is 3.99. The maximum atomic E-state index is 12.4. The fraction of sp³-hybridized carbons (Fsp3) is 0.0526. The lowest BCUT2D eigenvalue weighted by atomic mass is 10.1. The summed E-state index contributed by atoms with van der Waals surface area (Å²) in [6, 6.07) is 14.0. The molecule has 0 unspecified atom stereocenters. The van der Waals surface area contributed by atoms with E-state index in [1.54, 1.807) is 54.9 Å². The van der Waals surface area contributed by atoms with E-state index in [1.807, 2.05) is 6.07 Å². The first-order valence-electron chi connectivity index (χ1n) is 7.65. The summed E-state index contributed by atoms with van der Waals surface area (Å²) in [4.78, 5) is 25.2. The van der Waals surface area contributed by atoms with Gasteiger partial charge in [0.05, 0.1) is 6.42 Å². The molecule has 0 amide bonds. The molecule has 0 spiro atoms. The van der Waals surface area contributed by atoms with Crippen molar-refractivity contribution in [1.29, 1.82) is 0 Å². The summed E-state index contributed by atoms with van der Waals surface area (Å²) in [7, 11) is 0. The number of hydrogen-bond acceptors (Lipinski definition) is 5. The van der Waals surface area contributed by atoms with E-state index < -0.39 is 0 Å². The third-order valence-electron chi connectivity index (χ3n) is 3.74. The molecule has 0 aliphatic rings. The van der Waals surface area contributed by atoms with E-state index in [9.17, 15) is 4.79 Å². The molecule has 3 aromatic heterocycles. The van der Waals surface area contributed by atoms with Gasteiger partial charge in [0.2, 0.25) is 5.89 Å². The Morgan fingerprint density at radius 3 is 2.68 bits per heavy atom. The number of Topliss-reactive ketones (excluding diaryl/α,β-unsaturated/α-hetero) is 1. The Bertz CT molecular complexity index is 1020. The zero-order valence-corrected chi connectivity index (χ0v) is 13.8. The highest BCUT2D eigenvalue weighted by atomic mass is 35.5. The minimum Gasteiger partial charge on any atom is -0.434 e. The molecule has 122 valence electrons. The molecular formula is C19H12ClN3O2. The Balaban J connectivity index is 1.60. The Morgan fingerprint density at radius 2 is 1.88 bits per heavy atom. The van der Waals surface area contributed by atoms with Crippen molar-refractivity contribution in [3.05, 3.63) is 77.2 Å². The van der Waals surface area contributed by atoms with Crippen LogP contribution < -0.4 is 0 Å². The van der Waals surface area contributed by atoms with Crippen LogP contribution in [0.2, 0.25) is 5.02 Å². The number of halogens is 1. The van der Waals surface area contributed by atoms with Crippen LogP contribution >= 0.6 is 11.6 Å². The lowest BCUT2D eigenvalue weighted by Crippen LogP contribution is -2.05. The van der Waals surface area contributed by atoms with Crippen LogP contribution in [0.15, 0.2) is 65.3 Å². The van der Waals surface area contributed by atoms with Crippen molar-refractivity contribution in [2.24, 2.45) is 0 Å². The summed E-state index contributed by atoms with van der Waals surface area (Å²) in [6.07, 6.45) is 3.49. The number of rotatable bonds is 4. The molecule has 4 aromatic rings. The first-order valence-corrected chi connectivity index (χ1v) is 8.02. The van der Waals surface area contributed by atoms with Crippen LogP contribution in [-0.2, 0) is 6.42 Å². The number of hydrogen-bond donors (Lipinski definition) is 0. The van der Waals surface area contributed by atoms with Crippen LogP contribution in [0, 0.1) is 0 Å². The van der Waals surface area contributed by atoms with Gasteiger partial charge in [-0.1, -0.05) is 11.6 Å². The maximum absolute atomic E-state index is 12.4. The maximum Gasteiger partial charge on any atom is 0.229 e. The molecule has 0 aliphatic carbocycles. The van der Waals surface area contributed by atoms with Gasteiger partial charge >= 0.3 is 0 Å². The highest BCUT2D eigenvalue weighted by Crippen LogP contribution is 2.23. The van der Waals surface area contributed by atoms with Gasteiger partial charge in [0.15, 0.2) is 17.0 Å². The number of nitrogens with zero attached hydrogens (tertiary/aromatic N) is 3. The average molecular weight is 350 g/mol. The summed E-state index contributed by atoms with van der Waals surface area (Å²) in [6.45, 7) is 0. The molecule has 3 heterocycles. The van der Waals surface area contributed by atoms with Gasteiger partial charge in [0.1, 0.15) is 0 Å². The second kappa shape index (κ2) is 6.45. The summed E-state index contributed by atoms with van der Waals surface area (Å²) < 4.78 is 5.71. The van der Waals surface area contributed by atoms with Crippen molar-refractivity contribution in [3.63, 3.8) is 0 Å². The third-order valence-corrected chi connectivity index (χ3v) is 3.99. The molecule has 0 aliphatic heterocycles. The van der Waals surface area contributed by atoms with Crippen molar-refractivity contribution in [2.45, 2.75) is 6.42 Å². The second-order valence-corrected chi connectivity index (χ2v) is 5.92. The van der Waals surface area contributed by atoms with Crippen molar-refractivity contribution in [3.8, 4) is 11.5 Å². The van der Waals surface area contributed by atoms with Gasteiger partial charge in [-0.05, 0) is 48.5 Å². The second-order valence-electron chi connectivity index (χ2n) is 5.49. The van der Waals surface area contributed by atoms with Crippen LogP contribution in [0.5, 0.6) is 0 Å². The molecule has 5 nitrogen and oxygen atoms in total. The lowest BCUT2D eigenvalue weighted by Gasteiger charge is -2.03. The molecule has 0 saturated carbocycles. The standard InChI is InChI=1S/C19H12ClN3O2/c20-14-5-3-12(4-6-14)16(24)11-15-10-13(7-9-21-15)19-23-18-17(25-19)2-1-8-22-18/h1-10H,11H2. The minimum atomic E-state index is -0.0273. The molecule has 0 fully saturated rings. The number of aromatic nitrogens is 3. The Morgan fingerprint density at radius 1 is 1.04 bits per heavy atom. The molecular weight excluding hydrogens is 338 g/mol. The monoisotopic (exact) mass is 349 g/mol. The predicted octanol–water partition coefficient (Wildman–Crippen LogP) is 4.36. The summed E-state index contributed by atoms with van der Waals surface area (Å²) in [5, 5.41) is 0.598. The van der Waals surface area contributed by atoms with Crippen molar-refractivity contribution in [1.82, 2.24) is 15.0 Å². The molecule has 4 rings (SSSR count). The van der Waals surface area contributed by atoms with Crippen LogP contribution in [-0.4, -0.2) is 20.7 Å². The van der Waals surface area contributed by atoms with Gasteiger partial charge in [0, 0.05) is 34.2 Å². The Hall–Kier alpha value is -3.05. The molecule has 6 heteroatoms. The van der Waals surface area contributed by atoms with Gasteiger partial charge in [-0.3, -0.25) is 9.78 Å². The van der Waals surface area contributed by atoms with Gasteiger partial charge in [-0.2, -0.15) is 4.98 Å². The number of oxazole rings is 1. The number of fused-ring (bicyclic) bond motifs is 1. The molecule has 1 aromatic carbocycles. The SMILES string of the molecule is O=C(Cc1cc(-c2nc3ncccc3o2)ccn1)c1ccc(Cl)cc1. The van der Waals surface area contributed by atoms with Crippen molar-refractivity contribution in [2.75, 3.05) is 0 Å². The van der Waals surface area contributed by atoms with E-state index >= 15 is 0 Å². The summed E-state index contributed by atoms with van der Waals surface area (Å²) in [5.74, 6) is 0.428. The van der Waals surface area contributed by atoms with E-state index in [2.05, 4.69) is 15.0 Å². The van der Waals surface area contributed by atoms with E-state index in [-0.39, 0.29) is 12.2 Å². The first kappa shape index (κ1) is 15.5. The molecule has 0 bridgehead atoms. The number of benzene rings is 1. The highest BCUT2D eigenvalue weighted by Gasteiger charge is 2.12. The van der Waals surface area contributed by atoms with Crippen LogP contribution in [0.4, 0.5) is 0 Å². The zero-order valence-electron chi connectivity index (χ0n) is 13.0. The van der Waals surface area contributed by atoms with Gasteiger partial charge in [-0.25, -0.2) is 4.98 Å². The highest BCUT2D eigenvalue weighted by molar-refractivity contribution is 6.30. The summed E-state index contributed by atoms with van der Waals surface area (Å²) in [5.41, 5.74) is 3.17. The zero-order chi connectivity index (χ0) is 17.2. The number of carbonyl (C=O) groups is 1. The molecule has 25 heavy (non-hydrogen) atoms. The quantitative estimate of drug-likeness (QED) is 0.512. The van der Waals surface area contributed by atoms with Crippen LogP contribution in [0.3, 0.4) is 0 Å². The first-order chi connectivity index (χ1) is 12.2. The van der Waals surface area contributed by atoms with Gasteiger partial charge < -0.3 is 4.42 Å². The predicted molar refractivity (Wildman–Crippen MR) is 94.5 cm³/mol. The topological polar surface area (TPSA) is 68.9 Å². The fourth-order valence-corrected chi connectivity index (χ4v) is 2.63. The molecule has 0 radical (unpaired) electrons. The van der Waals surface area contributed by atoms with Crippen molar-refractivity contribution < 1.29 is 9.21 Å². The minimum absolute atomic E-state index is 0.0273. The smallest absolute Gasteiger partial charge is 0.229 e. The molecule has 0 N–H and O–H groups in total. The number of ketones is 1. The van der Waals surface area contributed by atoms with Crippen molar-refractivity contribution >= 4 is 28.6 Å². The van der Waals surface area contributed by atoms with E-state index in [4.69, 9.17) is 16.0 Å². The normalized spacial score (nSPS) is 10.9. The van der Waals surface area contributed by atoms with E-state index in [1.165, 1.54) is 0 Å². The number of pyridine rings is 2.